The summed E-state index contributed by atoms with van der Waals surface area (Å²) in [5, 5.41) is 3.52. The molecule has 0 heterocycles. The minimum absolute atomic E-state index is 0.158. The number of halogens is 1. The Morgan fingerprint density at radius 3 is 2.14 bits per heavy atom. The minimum Gasteiger partial charge on any atom is -0.386 e. The molecule has 1 nitrogen and oxygen atoms in total. The summed E-state index contributed by atoms with van der Waals surface area (Å²) in [6.45, 7) is 10.9. The second kappa shape index (κ2) is 2.91. The van der Waals surface area contributed by atoms with Crippen molar-refractivity contribution in [3.05, 3.63) is 12.3 Å². The number of hydrogen-bond acceptors (Lipinski definition) is 1. The van der Waals surface area contributed by atoms with Crippen LogP contribution in [0.15, 0.2) is 12.3 Å². The Morgan fingerprint density at radius 1 is 1.29 bits per heavy atom. The Labute approximate surface area is 91.9 Å². The fraction of sp³-hybridized carbons (Fsp3) is 0.833. The zero-order chi connectivity index (χ0) is 10.6. The summed E-state index contributed by atoms with van der Waals surface area (Å²) in [5.74, 6) is 0.657. The summed E-state index contributed by atoms with van der Waals surface area (Å²) in [6, 6.07) is 0.516. The summed E-state index contributed by atoms with van der Waals surface area (Å²) < 4.78 is 0. The molecule has 0 aliphatic heterocycles. The number of hydrogen-bond donors (Lipinski definition) is 1. The molecule has 0 amide bonds. The monoisotopic (exact) mass is 213 g/mol. The molecule has 0 saturated heterocycles. The Kier molecular flexibility index (Phi) is 2.15. The molecule has 3 fully saturated rings. The van der Waals surface area contributed by atoms with Crippen LogP contribution in [0.3, 0.4) is 0 Å². The maximum atomic E-state index is 6.23. The molecule has 1 N–H and O–H groups in total. The van der Waals surface area contributed by atoms with Crippen LogP contribution in [0.2, 0.25) is 0 Å². The van der Waals surface area contributed by atoms with Crippen LogP contribution >= 0.6 is 11.6 Å². The second-order valence-corrected chi connectivity index (χ2v) is 6.42. The molecule has 0 aromatic carbocycles. The Hall–Kier alpha value is -0.170. The molecule has 3 aliphatic rings. The predicted molar refractivity (Wildman–Crippen MR) is 61.4 cm³/mol. The van der Waals surface area contributed by atoms with E-state index in [4.69, 9.17) is 11.6 Å². The van der Waals surface area contributed by atoms with E-state index < -0.39 is 0 Å². The van der Waals surface area contributed by atoms with Gasteiger partial charge in [0.2, 0.25) is 0 Å². The molecule has 0 aromatic heterocycles. The molecule has 1 atom stereocenters. The topological polar surface area (TPSA) is 12.0 Å². The van der Waals surface area contributed by atoms with Crippen molar-refractivity contribution in [2.45, 2.75) is 50.9 Å². The van der Waals surface area contributed by atoms with Gasteiger partial charge in [0.1, 0.15) is 0 Å². The maximum Gasteiger partial charge on any atom is 0.0474 e. The molecule has 0 unspecified atom stereocenters. The van der Waals surface area contributed by atoms with Crippen molar-refractivity contribution < 1.29 is 0 Å². The van der Waals surface area contributed by atoms with Gasteiger partial charge in [-0.2, -0.15) is 0 Å². The molecular formula is C12H20ClN. The molecule has 0 radical (unpaired) electrons. The first kappa shape index (κ1) is 10.4. The summed E-state index contributed by atoms with van der Waals surface area (Å²) in [6.07, 6.45) is 3.41. The minimum atomic E-state index is 0.158. The summed E-state index contributed by atoms with van der Waals surface area (Å²) in [7, 11) is 0. The van der Waals surface area contributed by atoms with Gasteiger partial charge in [0.05, 0.1) is 0 Å². The van der Waals surface area contributed by atoms with Gasteiger partial charge < -0.3 is 5.32 Å². The van der Waals surface area contributed by atoms with Crippen LogP contribution in [0, 0.1) is 11.3 Å². The standard InChI is InChI=1S/C12H20ClN/c1-8(2)9(3)14-10(4)11-5-12(13,6-11)7-11/h8-9,14H,4-7H2,1-3H3/t9-,11?,12?/m1/s1. The number of nitrogens with one attached hydrogen (secondary N) is 1. The lowest BCUT2D eigenvalue weighted by Crippen LogP contribution is -2.66. The van der Waals surface area contributed by atoms with Crippen LogP contribution in [-0.2, 0) is 0 Å². The Balaban J connectivity index is 1.86. The van der Waals surface area contributed by atoms with Crippen molar-refractivity contribution in [1.82, 2.24) is 5.32 Å². The van der Waals surface area contributed by atoms with E-state index in [-0.39, 0.29) is 4.87 Å². The molecule has 0 spiro atoms. The van der Waals surface area contributed by atoms with Gasteiger partial charge >= 0.3 is 0 Å². The van der Waals surface area contributed by atoms with Gasteiger partial charge in [-0.1, -0.05) is 20.4 Å². The molecule has 14 heavy (non-hydrogen) atoms. The molecule has 3 saturated carbocycles. The van der Waals surface area contributed by atoms with Crippen molar-refractivity contribution in [3.63, 3.8) is 0 Å². The van der Waals surface area contributed by atoms with E-state index in [0.717, 1.165) is 19.3 Å². The number of alkyl halides is 1. The molecule has 3 rings (SSSR count). The fourth-order valence-corrected chi connectivity index (χ4v) is 3.35. The third-order valence-corrected chi connectivity index (χ3v) is 4.41. The first-order valence-corrected chi connectivity index (χ1v) is 5.90. The van der Waals surface area contributed by atoms with Crippen LogP contribution in [0.4, 0.5) is 0 Å². The van der Waals surface area contributed by atoms with Crippen molar-refractivity contribution >= 4 is 11.6 Å². The van der Waals surface area contributed by atoms with E-state index in [9.17, 15) is 0 Å². The van der Waals surface area contributed by atoms with Gasteiger partial charge in [0.25, 0.3) is 0 Å². The number of allylic oxidation sites excluding steroid dienone is 1. The normalized spacial score (nSPS) is 41.2. The van der Waals surface area contributed by atoms with Crippen molar-refractivity contribution in [2.75, 3.05) is 0 Å². The van der Waals surface area contributed by atoms with Gasteiger partial charge in [0.15, 0.2) is 0 Å². The molecule has 3 aliphatic carbocycles. The van der Waals surface area contributed by atoms with Crippen LogP contribution in [0.1, 0.15) is 40.0 Å². The van der Waals surface area contributed by atoms with E-state index >= 15 is 0 Å². The molecule has 0 aromatic rings. The highest BCUT2D eigenvalue weighted by atomic mass is 35.5. The first-order valence-electron chi connectivity index (χ1n) is 5.52. The van der Waals surface area contributed by atoms with Crippen LogP contribution in [0.5, 0.6) is 0 Å². The predicted octanol–water partition coefficient (Wildman–Crippen LogP) is 3.30. The Morgan fingerprint density at radius 2 is 1.79 bits per heavy atom. The molecular weight excluding hydrogens is 194 g/mol. The lowest BCUT2D eigenvalue weighted by atomic mass is 9.42. The largest absolute Gasteiger partial charge is 0.386 e. The third kappa shape index (κ3) is 1.37. The van der Waals surface area contributed by atoms with Crippen LogP contribution < -0.4 is 5.32 Å². The quantitative estimate of drug-likeness (QED) is 0.707. The van der Waals surface area contributed by atoms with E-state index in [0.29, 0.717) is 17.4 Å². The number of rotatable bonds is 4. The van der Waals surface area contributed by atoms with Crippen LogP contribution in [0.25, 0.3) is 0 Å². The summed E-state index contributed by atoms with van der Waals surface area (Å²) >= 11 is 6.23. The van der Waals surface area contributed by atoms with E-state index in [2.05, 4.69) is 32.7 Å². The van der Waals surface area contributed by atoms with Crippen molar-refractivity contribution in [3.8, 4) is 0 Å². The van der Waals surface area contributed by atoms with Gasteiger partial charge in [0, 0.05) is 22.0 Å². The van der Waals surface area contributed by atoms with Crippen LogP contribution in [-0.4, -0.2) is 10.9 Å². The highest BCUT2D eigenvalue weighted by Crippen LogP contribution is 2.73. The molecule has 2 heteroatoms. The highest BCUT2D eigenvalue weighted by Gasteiger charge is 2.68. The smallest absolute Gasteiger partial charge is 0.0474 e. The van der Waals surface area contributed by atoms with E-state index in [1.807, 2.05) is 0 Å². The second-order valence-electron chi connectivity index (χ2n) is 5.62. The molecule has 80 valence electrons. The molecule has 2 bridgehead atoms. The highest BCUT2D eigenvalue weighted by molar-refractivity contribution is 6.26. The lowest BCUT2D eigenvalue weighted by Gasteiger charge is -2.68. The fourth-order valence-electron chi connectivity index (χ4n) is 2.58. The third-order valence-electron chi connectivity index (χ3n) is 4.01. The average Bonchev–Trinajstić information content (AvgIpc) is 1.96. The zero-order valence-corrected chi connectivity index (χ0v) is 10.1. The van der Waals surface area contributed by atoms with Crippen molar-refractivity contribution in [1.29, 1.82) is 0 Å². The summed E-state index contributed by atoms with van der Waals surface area (Å²) in [5.41, 5.74) is 1.59. The van der Waals surface area contributed by atoms with E-state index in [1.165, 1.54) is 5.70 Å². The maximum absolute atomic E-state index is 6.23. The first-order chi connectivity index (χ1) is 6.37. The Bertz CT molecular complexity index is 250. The lowest BCUT2D eigenvalue weighted by molar-refractivity contribution is -0.0505. The van der Waals surface area contributed by atoms with Gasteiger partial charge in [-0.15, -0.1) is 11.6 Å². The van der Waals surface area contributed by atoms with Gasteiger partial charge in [-0.25, -0.2) is 0 Å². The van der Waals surface area contributed by atoms with E-state index in [1.54, 1.807) is 0 Å². The average molecular weight is 214 g/mol. The van der Waals surface area contributed by atoms with Gasteiger partial charge in [-0.3, -0.25) is 0 Å². The zero-order valence-electron chi connectivity index (χ0n) is 9.36. The van der Waals surface area contributed by atoms with Gasteiger partial charge in [-0.05, 0) is 32.1 Å². The SMILES string of the molecule is C=C(N[C@H](C)C(C)C)C12CC(Cl)(C1)C2. The van der Waals surface area contributed by atoms with Crippen molar-refractivity contribution in [2.24, 2.45) is 11.3 Å². The summed E-state index contributed by atoms with van der Waals surface area (Å²) in [4.78, 5) is 0.158.